The number of thiophene rings is 1. The summed E-state index contributed by atoms with van der Waals surface area (Å²) in [6.45, 7) is 3.84. The number of allylic oxidation sites excluding steroid dienone is 2. The second-order valence-electron chi connectivity index (χ2n) is 6.86. The molecule has 0 spiro atoms. The maximum absolute atomic E-state index is 13.0. The van der Waals surface area contributed by atoms with Crippen molar-refractivity contribution in [1.29, 1.82) is 0 Å². The molecule has 2 N–H and O–H groups in total. The summed E-state index contributed by atoms with van der Waals surface area (Å²) >= 11 is 1.33. The number of carbonyl (C=O) groups is 3. The summed E-state index contributed by atoms with van der Waals surface area (Å²) in [5, 5.41) is 12.9. The standard InChI is InChI=1S/C19H23NO5S/c1-4-12-9(2)26-17(15(12)19(24)25-3)20-16(21)13-10-5-7-11(8-6-10)14(13)18(22)23/h5,7,10-11,13-14H,4,6,8H2,1-3H3,(H,20,21)(H,22,23). The zero-order valence-corrected chi connectivity index (χ0v) is 15.9. The number of aryl methyl sites for hydroxylation is 1. The van der Waals surface area contributed by atoms with Crippen molar-refractivity contribution in [2.45, 2.75) is 33.1 Å². The van der Waals surface area contributed by atoms with Crippen LogP contribution in [0.4, 0.5) is 5.00 Å². The Balaban J connectivity index is 1.92. The number of carboxylic acid groups (broad SMARTS) is 1. The molecule has 0 aliphatic heterocycles. The predicted octanol–water partition coefficient (Wildman–Crippen LogP) is 3.26. The molecule has 7 heteroatoms. The predicted molar refractivity (Wildman–Crippen MR) is 98.4 cm³/mol. The molecule has 1 aromatic heterocycles. The number of nitrogens with one attached hydrogen (secondary N) is 1. The molecule has 4 rings (SSSR count). The Hall–Kier alpha value is -2.15. The third-order valence-electron chi connectivity index (χ3n) is 5.52. The summed E-state index contributed by atoms with van der Waals surface area (Å²) < 4.78 is 4.88. The minimum atomic E-state index is -0.936. The molecule has 1 saturated carbocycles. The molecule has 4 unspecified atom stereocenters. The topological polar surface area (TPSA) is 92.7 Å². The van der Waals surface area contributed by atoms with Gasteiger partial charge in [0.15, 0.2) is 0 Å². The molecule has 3 aliphatic rings. The minimum absolute atomic E-state index is 0.0746. The molecule has 3 aliphatic carbocycles. The Bertz CT molecular complexity index is 781. The molecule has 26 heavy (non-hydrogen) atoms. The summed E-state index contributed by atoms with van der Waals surface area (Å²) in [5.41, 5.74) is 1.24. The first-order valence-electron chi connectivity index (χ1n) is 8.81. The van der Waals surface area contributed by atoms with E-state index in [1.165, 1.54) is 18.4 Å². The van der Waals surface area contributed by atoms with Gasteiger partial charge in [-0.1, -0.05) is 19.1 Å². The summed E-state index contributed by atoms with van der Waals surface area (Å²) in [4.78, 5) is 37.9. The van der Waals surface area contributed by atoms with Gasteiger partial charge in [0.05, 0.1) is 24.5 Å². The zero-order chi connectivity index (χ0) is 19.0. The van der Waals surface area contributed by atoms with E-state index >= 15 is 0 Å². The van der Waals surface area contributed by atoms with Crippen molar-refractivity contribution in [3.63, 3.8) is 0 Å². The number of carboxylic acids is 1. The van der Waals surface area contributed by atoms with Crippen LogP contribution >= 0.6 is 11.3 Å². The van der Waals surface area contributed by atoms with Gasteiger partial charge in [-0.15, -0.1) is 11.3 Å². The summed E-state index contributed by atoms with van der Waals surface area (Å²) in [6, 6.07) is 0. The molecule has 1 aromatic rings. The zero-order valence-electron chi connectivity index (χ0n) is 15.1. The van der Waals surface area contributed by atoms with Gasteiger partial charge in [-0.25, -0.2) is 4.79 Å². The Morgan fingerprint density at radius 2 is 1.85 bits per heavy atom. The van der Waals surface area contributed by atoms with E-state index in [0.717, 1.165) is 23.3 Å². The summed E-state index contributed by atoms with van der Waals surface area (Å²) in [5.74, 6) is -3.26. The lowest BCUT2D eigenvalue weighted by atomic mass is 9.62. The molecule has 4 atom stereocenters. The second kappa shape index (κ2) is 7.23. The van der Waals surface area contributed by atoms with Gasteiger partial charge in [-0.05, 0) is 43.6 Å². The third kappa shape index (κ3) is 3.05. The average molecular weight is 377 g/mol. The SMILES string of the molecule is CCc1c(C)sc(NC(=O)C2C3C=CC(CC3)C2C(=O)O)c1C(=O)OC. The van der Waals surface area contributed by atoms with Crippen molar-refractivity contribution in [3.8, 4) is 0 Å². The highest BCUT2D eigenvalue weighted by Gasteiger charge is 2.48. The Kier molecular flexibility index (Phi) is 5.18. The van der Waals surface area contributed by atoms with Gasteiger partial charge in [0.1, 0.15) is 5.00 Å². The van der Waals surface area contributed by atoms with Crippen LogP contribution in [0.1, 0.15) is 40.6 Å². The van der Waals surface area contributed by atoms with Crippen LogP contribution in [-0.4, -0.2) is 30.1 Å². The molecule has 1 amide bonds. The number of hydrogen-bond acceptors (Lipinski definition) is 5. The molecule has 2 bridgehead atoms. The highest BCUT2D eigenvalue weighted by molar-refractivity contribution is 7.16. The van der Waals surface area contributed by atoms with Gasteiger partial charge in [0, 0.05) is 4.88 Å². The number of amides is 1. The first-order valence-corrected chi connectivity index (χ1v) is 9.63. The lowest BCUT2D eigenvalue weighted by Crippen LogP contribution is -2.47. The van der Waals surface area contributed by atoms with Gasteiger partial charge in [-0.2, -0.15) is 0 Å². The van der Waals surface area contributed by atoms with Gasteiger partial charge < -0.3 is 15.2 Å². The molecule has 0 radical (unpaired) electrons. The smallest absolute Gasteiger partial charge is 0.341 e. The van der Waals surface area contributed by atoms with Gasteiger partial charge in [-0.3, -0.25) is 9.59 Å². The fourth-order valence-electron chi connectivity index (χ4n) is 4.29. The second-order valence-corrected chi connectivity index (χ2v) is 8.08. The highest BCUT2D eigenvalue weighted by atomic mass is 32.1. The fraction of sp³-hybridized carbons (Fsp3) is 0.526. The van der Waals surface area contributed by atoms with Crippen LogP contribution in [0.3, 0.4) is 0 Å². The maximum Gasteiger partial charge on any atom is 0.341 e. The van der Waals surface area contributed by atoms with Crippen LogP contribution in [0, 0.1) is 30.6 Å². The van der Waals surface area contributed by atoms with Crippen LogP contribution < -0.4 is 5.32 Å². The van der Waals surface area contributed by atoms with Gasteiger partial charge in [0.2, 0.25) is 5.91 Å². The van der Waals surface area contributed by atoms with Crippen molar-refractivity contribution >= 4 is 34.2 Å². The molecule has 1 fully saturated rings. The number of rotatable bonds is 5. The number of esters is 1. The lowest BCUT2D eigenvalue weighted by Gasteiger charge is -2.41. The van der Waals surface area contributed by atoms with Crippen molar-refractivity contribution in [1.82, 2.24) is 0 Å². The van der Waals surface area contributed by atoms with Crippen molar-refractivity contribution in [2.24, 2.45) is 23.7 Å². The van der Waals surface area contributed by atoms with Crippen LogP contribution in [0.15, 0.2) is 12.2 Å². The van der Waals surface area contributed by atoms with E-state index in [1.54, 1.807) is 0 Å². The van der Waals surface area contributed by atoms with Crippen LogP contribution in [0.5, 0.6) is 0 Å². The van der Waals surface area contributed by atoms with E-state index in [4.69, 9.17) is 4.74 Å². The van der Waals surface area contributed by atoms with Crippen molar-refractivity contribution < 1.29 is 24.2 Å². The largest absolute Gasteiger partial charge is 0.481 e. The average Bonchev–Trinajstić information content (AvgIpc) is 2.95. The number of fused-ring (bicyclic) bond motifs is 2. The van der Waals surface area contributed by atoms with E-state index in [2.05, 4.69) is 5.32 Å². The van der Waals surface area contributed by atoms with E-state index in [9.17, 15) is 19.5 Å². The Morgan fingerprint density at radius 3 is 2.35 bits per heavy atom. The molecule has 6 nitrogen and oxygen atoms in total. The third-order valence-corrected chi connectivity index (χ3v) is 6.59. The number of aliphatic carboxylic acids is 1. The normalized spacial score (nSPS) is 26.6. The highest BCUT2D eigenvalue weighted by Crippen LogP contribution is 2.46. The summed E-state index contributed by atoms with van der Waals surface area (Å²) in [6.07, 6.45) is 6.17. The number of methoxy groups -OCH3 is 1. The molecular formula is C19H23NO5S. The molecular weight excluding hydrogens is 354 g/mol. The molecule has 1 heterocycles. The lowest BCUT2D eigenvalue weighted by molar-refractivity contribution is -0.151. The van der Waals surface area contributed by atoms with Crippen LogP contribution in [0.2, 0.25) is 0 Å². The fourth-order valence-corrected chi connectivity index (χ4v) is 5.43. The van der Waals surface area contributed by atoms with E-state index in [-0.39, 0.29) is 17.7 Å². The van der Waals surface area contributed by atoms with E-state index in [1.807, 2.05) is 26.0 Å². The van der Waals surface area contributed by atoms with E-state index < -0.39 is 23.8 Å². The monoisotopic (exact) mass is 377 g/mol. The first kappa shape index (κ1) is 18.6. The number of hydrogen-bond donors (Lipinski definition) is 2. The maximum atomic E-state index is 13.0. The van der Waals surface area contributed by atoms with Crippen molar-refractivity contribution in [2.75, 3.05) is 12.4 Å². The van der Waals surface area contributed by atoms with Gasteiger partial charge >= 0.3 is 11.9 Å². The molecule has 140 valence electrons. The minimum Gasteiger partial charge on any atom is -0.481 e. The Morgan fingerprint density at radius 1 is 1.23 bits per heavy atom. The quantitative estimate of drug-likeness (QED) is 0.607. The van der Waals surface area contributed by atoms with E-state index in [0.29, 0.717) is 17.0 Å². The number of ether oxygens (including phenoxy) is 1. The molecule has 0 aromatic carbocycles. The van der Waals surface area contributed by atoms with Crippen molar-refractivity contribution in [3.05, 3.63) is 28.2 Å². The van der Waals surface area contributed by atoms with Crippen LogP contribution in [-0.2, 0) is 20.7 Å². The molecule has 0 saturated heterocycles. The Labute approximate surface area is 156 Å². The van der Waals surface area contributed by atoms with Gasteiger partial charge in [0.25, 0.3) is 0 Å². The number of carbonyl (C=O) groups excluding carboxylic acids is 2. The first-order chi connectivity index (χ1) is 12.4. The van der Waals surface area contributed by atoms with Crippen LogP contribution in [0.25, 0.3) is 0 Å². The number of anilines is 1. The summed E-state index contributed by atoms with van der Waals surface area (Å²) in [7, 11) is 1.31.